The summed E-state index contributed by atoms with van der Waals surface area (Å²) in [7, 11) is 0. The van der Waals surface area contributed by atoms with Gasteiger partial charge >= 0.3 is 12.6 Å². The van der Waals surface area contributed by atoms with Gasteiger partial charge in [0.15, 0.2) is 17.2 Å². The minimum atomic E-state index is -3.15. The number of benzene rings is 1. The van der Waals surface area contributed by atoms with E-state index < -0.39 is 24.1 Å². The average molecular weight is 366 g/mol. The molecule has 0 saturated carbocycles. The summed E-state index contributed by atoms with van der Waals surface area (Å²) in [5, 5.41) is 4.03. The number of ether oxygens (including phenoxy) is 2. The van der Waals surface area contributed by atoms with Crippen LogP contribution >= 0.6 is 0 Å². The molecule has 26 heavy (non-hydrogen) atoms. The lowest BCUT2D eigenvalue weighted by Gasteiger charge is -2.08. The SMILES string of the molecule is CCOC(=O)Cn1ncc2ncc(-c3ccc(F)c(OC(F)F)c3)nc21. The summed E-state index contributed by atoms with van der Waals surface area (Å²) in [6.07, 6.45) is 2.82. The van der Waals surface area contributed by atoms with Crippen LogP contribution in [0.2, 0.25) is 0 Å². The van der Waals surface area contributed by atoms with Crippen molar-refractivity contribution in [2.75, 3.05) is 6.61 Å². The molecule has 0 atom stereocenters. The monoisotopic (exact) mass is 366 g/mol. The van der Waals surface area contributed by atoms with Gasteiger partial charge in [-0.2, -0.15) is 13.9 Å². The van der Waals surface area contributed by atoms with E-state index in [4.69, 9.17) is 4.74 Å². The van der Waals surface area contributed by atoms with Crippen LogP contribution in [0.15, 0.2) is 30.6 Å². The molecule has 3 rings (SSSR count). The number of alkyl halides is 2. The van der Waals surface area contributed by atoms with Crippen LogP contribution in [0.25, 0.3) is 22.4 Å². The summed E-state index contributed by atoms with van der Waals surface area (Å²) >= 11 is 0. The predicted molar refractivity (Wildman–Crippen MR) is 84.0 cm³/mol. The second-order valence-corrected chi connectivity index (χ2v) is 5.10. The Morgan fingerprint density at radius 1 is 1.31 bits per heavy atom. The first kappa shape index (κ1) is 17.6. The molecule has 0 saturated heterocycles. The van der Waals surface area contributed by atoms with Crippen LogP contribution in [0.1, 0.15) is 6.92 Å². The molecule has 0 aliphatic heterocycles. The maximum Gasteiger partial charge on any atom is 0.387 e. The fourth-order valence-corrected chi connectivity index (χ4v) is 2.28. The highest BCUT2D eigenvalue weighted by Crippen LogP contribution is 2.27. The highest BCUT2D eigenvalue weighted by molar-refractivity contribution is 5.76. The summed E-state index contributed by atoms with van der Waals surface area (Å²) in [6, 6.07) is 3.45. The molecular weight excluding hydrogens is 353 g/mol. The second-order valence-electron chi connectivity index (χ2n) is 5.10. The van der Waals surface area contributed by atoms with Gasteiger partial charge in [-0.15, -0.1) is 0 Å². The zero-order chi connectivity index (χ0) is 18.7. The third-order valence-electron chi connectivity index (χ3n) is 3.37. The van der Waals surface area contributed by atoms with Crippen LogP contribution in [0.3, 0.4) is 0 Å². The predicted octanol–water partition coefficient (Wildman–Crippen LogP) is 2.80. The van der Waals surface area contributed by atoms with Crippen LogP contribution in [0, 0.1) is 5.82 Å². The number of nitrogens with zero attached hydrogens (tertiary/aromatic N) is 4. The second kappa shape index (κ2) is 7.38. The number of carbonyl (C=O) groups excluding carboxylic acids is 1. The Morgan fingerprint density at radius 3 is 2.85 bits per heavy atom. The van der Waals surface area contributed by atoms with Gasteiger partial charge in [0, 0.05) is 5.56 Å². The molecule has 0 radical (unpaired) electrons. The zero-order valence-electron chi connectivity index (χ0n) is 13.5. The van der Waals surface area contributed by atoms with Crippen molar-refractivity contribution in [3.63, 3.8) is 0 Å². The van der Waals surface area contributed by atoms with E-state index in [1.54, 1.807) is 6.92 Å². The topological polar surface area (TPSA) is 79.1 Å². The van der Waals surface area contributed by atoms with Crippen molar-refractivity contribution in [2.45, 2.75) is 20.1 Å². The van der Waals surface area contributed by atoms with E-state index in [0.717, 1.165) is 12.1 Å². The number of fused-ring (bicyclic) bond motifs is 1. The molecule has 1 aromatic carbocycles. The van der Waals surface area contributed by atoms with Crippen LogP contribution in [-0.4, -0.2) is 38.9 Å². The van der Waals surface area contributed by atoms with Gasteiger partial charge in [-0.1, -0.05) is 0 Å². The molecule has 10 heteroatoms. The molecule has 0 amide bonds. The summed E-state index contributed by atoms with van der Waals surface area (Å²) in [4.78, 5) is 20.1. The minimum absolute atomic E-state index is 0.154. The summed E-state index contributed by atoms with van der Waals surface area (Å²) in [5.74, 6) is -2.01. The van der Waals surface area contributed by atoms with Gasteiger partial charge in [-0.25, -0.2) is 19.0 Å². The van der Waals surface area contributed by atoms with Crippen molar-refractivity contribution in [2.24, 2.45) is 0 Å². The standard InChI is InChI=1S/C16H13F3N4O3/c1-2-25-14(24)8-23-15-12(7-21-23)20-6-11(22-15)9-3-4-10(17)13(5-9)26-16(18)19/h3-7,16H,2,8H2,1H3. The third-order valence-corrected chi connectivity index (χ3v) is 3.37. The van der Waals surface area contributed by atoms with E-state index in [2.05, 4.69) is 19.8 Å². The molecule has 2 aromatic heterocycles. The van der Waals surface area contributed by atoms with E-state index >= 15 is 0 Å². The number of aromatic nitrogens is 4. The lowest BCUT2D eigenvalue weighted by atomic mass is 10.1. The Hall–Kier alpha value is -3.17. The van der Waals surface area contributed by atoms with E-state index in [1.165, 1.54) is 23.1 Å². The fourth-order valence-electron chi connectivity index (χ4n) is 2.28. The van der Waals surface area contributed by atoms with Gasteiger partial charge in [0.05, 0.1) is 24.7 Å². The smallest absolute Gasteiger partial charge is 0.387 e. The maximum atomic E-state index is 13.6. The minimum Gasteiger partial charge on any atom is -0.465 e. The van der Waals surface area contributed by atoms with Gasteiger partial charge in [-0.3, -0.25) is 4.79 Å². The van der Waals surface area contributed by atoms with E-state index in [1.807, 2.05) is 0 Å². The lowest BCUT2D eigenvalue weighted by molar-refractivity contribution is -0.143. The van der Waals surface area contributed by atoms with Gasteiger partial charge in [0.1, 0.15) is 12.1 Å². The van der Waals surface area contributed by atoms with Crippen molar-refractivity contribution >= 4 is 17.1 Å². The van der Waals surface area contributed by atoms with Crippen molar-refractivity contribution in [1.29, 1.82) is 0 Å². The van der Waals surface area contributed by atoms with E-state index in [9.17, 15) is 18.0 Å². The highest BCUT2D eigenvalue weighted by Gasteiger charge is 2.15. The largest absolute Gasteiger partial charge is 0.465 e. The van der Waals surface area contributed by atoms with Gasteiger partial charge in [0.2, 0.25) is 0 Å². The molecule has 0 unspecified atom stereocenters. The van der Waals surface area contributed by atoms with Crippen LogP contribution in [-0.2, 0) is 16.1 Å². The van der Waals surface area contributed by atoms with E-state index in [0.29, 0.717) is 16.7 Å². The lowest BCUT2D eigenvalue weighted by Crippen LogP contribution is -2.14. The fraction of sp³-hybridized carbons (Fsp3) is 0.250. The van der Waals surface area contributed by atoms with Crippen LogP contribution in [0.5, 0.6) is 5.75 Å². The molecule has 7 nitrogen and oxygen atoms in total. The normalized spacial score (nSPS) is 11.1. The Labute approximate surface area is 145 Å². The summed E-state index contributed by atoms with van der Waals surface area (Å²) in [5.41, 5.74) is 1.34. The maximum absolute atomic E-state index is 13.6. The number of esters is 1. The van der Waals surface area contributed by atoms with Crippen molar-refractivity contribution < 1.29 is 27.4 Å². The van der Waals surface area contributed by atoms with Gasteiger partial charge < -0.3 is 9.47 Å². The Bertz CT molecular complexity index is 946. The molecule has 2 heterocycles. The summed E-state index contributed by atoms with van der Waals surface area (Å²) in [6.45, 7) is -1.39. The number of carbonyl (C=O) groups is 1. The number of halogens is 3. The molecule has 3 aromatic rings. The van der Waals surface area contributed by atoms with Crippen molar-refractivity contribution in [3.8, 4) is 17.0 Å². The number of rotatable bonds is 6. The quantitative estimate of drug-likeness (QED) is 0.624. The Morgan fingerprint density at radius 2 is 2.12 bits per heavy atom. The molecule has 0 N–H and O–H groups in total. The highest BCUT2D eigenvalue weighted by atomic mass is 19.3. The van der Waals surface area contributed by atoms with Crippen LogP contribution < -0.4 is 4.74 Å². The molecule has 0 aliphatic rings. The molecule has 0 bridgehead atoms. The first-order valence-electron chi connectivity index (χ1n) is 7.57. The first-order valence-corrected chi connectivity index (χ1v) is 7.57. The van der Waals surface area contributed by atoms with E-state index in [-0.39, 0.29) is 18.8 Å². The van der Waals surface area contributed by atoms with Crippen LogP contribution in [0.4, 0.5) is 13.2 Å². The van der Waals surface area contributed by atoms with Crippen molar-refractivity contribution in [3.05, 3.63) is 36.4 Å². The molecular formula is C16H13F3N4O3. The first-order chi connectivity index (χ1) is 12.5. The molecule has 136 valence electrons. The molecule has 0 spiro atoms. The van der Waals surface area contributed by atoms with Gasteiger partial charge in [0.25, 0.3) is 0 Å². The van der Waals surface area contributed by atoms with Gasteiger partial charge in [-0.05, 0) is 25.1 Å². The molecule has 0 aliphatic carbocycles. The zero-order valence-corrected chi connectivity index (χ0v) is 13.5. The Balaban J connectivity index is 1.97. The average Bonchev–Trinajstić information content (AvgIpc) is 2.99. The van der Waals surface area contributed by atoms with Crippen molar-refractivity contribution in [1.82, 2.24) is 19.7 Å². The number of hydrogen-bond donors (Lipinski definition) is 0. The third kappa shape index (κ3) is 3.73. The molecule has 0 fully saturated rings. The number of hydrogen-bond acceptors (Lipinski definition) is 6. The Kier molecular flexibility index (Phi) is 5.01. The summed E-state index contributed by atoms with van der Waals surface area (Å²) < 4.78 is 48.6.